The minimum Gasteiger partial charge on any atom is -0.481 e. The number of sulfone groups is 1. The van der Waals surface area contributed by atoms with Crippen molar-refractivity contribution in [2.45, 2.75) is 56.7 Å². The van der Waals surface area contributed by atoms with Crippen LogP contribution in [-0.2, 0) is 14.6 Å². The second kappa shape index (κ2) is 7.49. The van der Waals surface area contributed by atoms with E-state index < -0.39 is 15.8 Å². The molecule has 3 rings (SSSR count). The number of hydrogen-bond acceptors (Lipinski definition) is 5. The smallest absolute Gasteiger partial charge is 0.317 e. The van der Waals surface area contributed by atoms with Gasteiger partial charge < -0.3 is 15.3 Å². The van der Waals surface area contributed by atoms with Crippen LogP contribution in [-0.4, -0.2) is 84.6 Å². The Labute approximate surface area is 148 Å². The van der Waals surface area contributed by atoms with E-state index in [4.69, 9.17) is 5.11 Å². The Balaban J connectivity index is 1.67. The number of nitrogens with one attached hydrogen (secondary N) is 1. The number of carboxylic acid groups (broad SMARTS) is 1. The zero-order valence-electron chi connectivity index (χ0n) is 14.4. The highest BCUT2D eigenvalue weighted by molar-refractivity contribution is 7.91. The van der Waals surface area contributed by atoms with Gasteiger partial charge in [0.25, 0.3) is 0 Å². The van der Waals surface area contributed by atoms with E-state index in [1.165, 1.54) is 6.42 Å². The summed E-state index contributed by atoms with van der Waals surface area (Å²) in [5, 5.41) is 12.0. The van der Waals surface area contributed by atoms with Crippen molar-refractivity contribution < 1.29 is 23.1 Å². The second-order valence-corrected chi connectivity index (χ2v) is 9.52. The summed E-state index contributed by atoms with van der Waals surface area (Å²) >= 11 is 0. The number of carboxylic acids is 1. The zero-order chi connectivity index (χ0) is 18.0. The largest absolute Gasteiger partial charge is 0.481 e. The molecule has 9 heteroatoms. The monoisotopic (exact) mass is 373 g/mol. The molecule has 0 aromatic rings. The van der Waals surface area contributed by atoms with E-state index in [9.17, 15) is 18.0 Å². The quantitative estimate of drug-likeness (QED) is 0.733. The lowest BCUT2D eigenvalue weighted by Gasteiger charge is -2.44. The third-order valence-corrected chi connectivity index (χ3v) is 7.30. The fourth-order valence-corrected chi connectivity index (χ4v) is 6.31. The maximum Gasteiger partial charge on any atom is 0.317 e. The maximum atomic E-state index is 12.7. The van der Waals surface area contributed by atoms with E-state index in [0.29, 0.717) is 19.6 Å². The molecule has 2 N–H and O–H groups in total. The van der Waals surface area contributed by atoms with Crippen LogP contribution in [0.5, 0.6) is 0 Å². The highest BCUT2D eigenvalue weighted by atomic mass is 32.2. The molecule has 2 saturated heterocycles. The molecule has 0 bridgehead atoms. The molecule has 0 unspecified atom stereocenters. The number of piperazine rings is 1. The average molecular weight is 373 g/mol. The van der Waals surface area contributed by atoms with Gasteiger partial charge in [0, 0.05) is 31.7 Å². The van der Waals surface area contributed by atoms with Gasteiger partial charge >= 0.3 is 12.0 Å². The Morgan fingerprint density at radius 2 is 1.72 bits per heavy atom. The fourth-order valence-electron chi connectivity index (χ4n) is 4.30. The summed E-state index contributed by atoms with van der Waals surface area (Å²) in [5.74, 6) is -0.918. The molecule has 25 heavy (non-hydrogen) atoms. The third kappa shape index (κ3) is 4.44. The molecule has 0 aromatic heterocycles. The summed E-state index contributed by atoms with van der Waals surface area (Å²) in [6, 6.07) is -0.661. The van der Waals surface area contributed by atoms with E-state index in [-0.39, 0.29) is 42.1 Å². The van der Waals surface area contributed by atoms with Crippen molar-refractivity contribution in [3.05, 3.63) is 0 Å². The molecule has 1 saturated carbocycles. The summed E-state index contributed by atoms with van der Waals surface area (Å²) in [7, 11) is -3.21. The first-order valence-corrected chi connectivity index (χ1v) is 10.9. The van der Waals surface area contributed by atoms with Gasteiger partial charge in [0.15, 0.2) is 9.84 Å². The molecule has 0 spiro atoms. The first-order valence-electron chi connectivity index (χ1n) is 9.09. The van der Waals surface area contributed by atoms with Crippen molar-refractivity contribution in [2.24, 2.45) is 0 Å². The van der Waals surface area contributed by atoms with Crippen LogP contribution in [0.15, 0.2) is 0 Å². The van der Waals surface area contributed by atoms with E-state index >= 15 is 0 Å². The SMILES string of the molecule is O=C(O)CCN1CCN(C(=O)NC2CCCCC2)[C@H]2CS(=O)(=O)C[C@H]21. The van der Waals surface area contributed by atoms with Gasteiger partial charge in [0.05, 0.1) is 24.0 Å². The molecule has 3 fully saturated rings. The van der Waals surface area contributed by atoms with E-state index in [1.807, 2.05) is 4.90 Å². The van der Waals surface area contributed by atoms with Gasteiger partial charge in [-0.05, 0) is 12.8 Å². The number of hydrogen-bond donors (Lipinski definition) is 2. The zero-order valence-corrected chi connectivity index (χ0v) is 15.2. The van der Waals surface area contributed by atoms with Gasteiger partial charge in [-0.1, -0.05) is 19.3 Å². The topological polar surface area (TPSA) is 107 Å². The Morgan fingerprint density at radius 3 is 2.40 bits per heavy atom. The molecular formula is C16H27N3O5S. The van der Waals surface area contributed by atoms with Gasteiger partial charge in [0.1, 0.15) is 0 Å². The maximum absolute atomic E-state index is 12.7. The number of carbonyl (C=O) groups is 2. The number of fused-ring (bicyclic) bond motifs is 1. The van der Waals surface area contributed by atoms with Crippen molar-refractivity contribution in [1.29, 1.82) is 0 Å². The highest BCUT2D eigenvalue weighted by Gasteiger charge is 2.48. The van der Waals surface area contributed by atoms with E-state index in [1.54, 1.807) is 4.90 Å². The summed E-state index contributed by atoms with van der Waals surface area (Å²) in [6.45, 7) is 1.28. The Bertz CT molecular complexity index is 617. The van der Waals surface area contributed by atoms with Crippen LogP contribution in [0.25, 0.3) is 0 Å². The number of rotatable bonds is 4. The van der Waals surface area contributed by atoms with Gasteiger partial charge in [-0.25, -0.2) is 13.2 Å². The number of aliphatic carboxylic acids is 1. The van der Waals surface area contributed by atoms with Crippen molar-refractivity contribution in [3.63, 3.8) is 0 Å². The van der Waals surface area contributed by atoms with E-state index in [2.05, 4.69) is 5.32 Å². The lowest BCUT2D eigenvalue weighted by Crippen LogP contribution is -2.63. The number of nitrogens with zero attached hydrogens (tertiary/aromatic N) is 2. The second-order valence-electron chi connectivity index (χ2n) is 7.37. The Kier molecular flexibility index (Phi) is 5.52. The molecule has 1 aliphatic carbocycles. The van der Waals surface area contributed by atoms with Crippen LogP contribution in [0, 0.1) is 0 Å². The van der Waals surface area contributed by atoms with Crippen LogP contribution in [0.4, 0.5) is 4.79 Å². The predicted octanol–water partition coefficient (Wildman–Crippen LogP) is 0.287. The molecule has 2 amide bonds. The molecule has 0 aromatic carbocycles. The molecule has 3 aliphatic rings. The molecule has 2 atom stereocenters. The molecular weight excluding hydrogens is 346 g/mol. The van der Waals surface area contributed by atoms with Crippen LogP contribution >= 0.6 is 0 Å². The summed E-state index contributed by atoms with van der Waals surface area (Å²) in [5.41, 5.74) is 0. The van der Waals surface area contributed by atoms with Crippen molar-refractivity contribution in [3.8, 4) is 0 Å². The minimum atomic E-state index is -3.21. The Morgan fingerprint density at radius 1 is 1.04 bits per heavy atom. The Hall–Kier alpha value is -1.35. The highest BCUT2D eigenvalue weighted by Crippen LogP contribution is 2.27. The molecule has 2 aliphatic heterocycles. The van der Waals surface area contributed by atoms with Gasteiger partial charge in [0.2, 0.25) is 0 Å². The molecule has 142 valence electrons. The fraction of sp³-hybridized carbons (Fsp3) is 0.875. The van der Waals surface area contributed by atoms with Crippen LogP contribution in [0.2, 0.25) is 0 Å². The number of carbonyl (C=O) groups excluding carboxylic acids is 1. The van der Waals surface area contributed by atoms with E-state index in [0.717, 1.165) is 25.7 Å². The first kappa shape index (κ1) is 18.4. The lowest BCUT2D eigenvalue weighted by atomic mass is 9.95. The summed E-state index contributed by atoms with van der Waals surface area (Å²) in [6.07, 6.45) is 5.39. The van der Waals surface area contributed by atoms with Crippen molar-refractivity contribution >= 4 is 21.8 Å². The molecule has 8 nitrogen and oxygen atoms in total. The molecule has 2 heterocycles. The third-order valence-electron chi connectivity index (χ3n) is 5.60. The van der Waals surface area contributed by atoms with Crippen LogP contribution in [0.1, 0.15) is 38.5 Å². The average Bonchev–Trinajstić information content (AvgIpc) is 2.88. The minimum absolute atomic E-state index is 0.00446. The predicted molar refractivity (Wildman–Crippen MR) is 92.2 cm³/mol. The van der Waals surface area contributed by atoms with Gasteiger partial charge in [-0.15, -0.1) is 0 Å². The van der Waals surface area contributed by atoms with Crippen molar-refractivity contribution in [1.82, 2.24) is 15.1 Å². The normalized spacial score (nSPS) is 30.0. The standard InChI is InChI=1S/C16H27N3O5S/c20-15(21)6-7-18-8-9-19(14-11-25(23,24)10-13(14)18)16(22)17-12-4-2-1-3-5-12/h12-14H,1-11H2,(H,17,22)(H,20,21)/t13-,14+/m1/s1. The number of urea groups is 1. The van der Waals surface area contributed by atoms with Crippen LogP contribution < -0.4 is 5.32 Å². The number of amides is 2. The van der Waals surface area contributed by atoms with Crippen LogP contribution in [0.3, 0.4) is 0 Å². The first-order chi connectivity index (χ1) is 11.9. The molecule has 0 radical (unpaired) electrons. The van der Waals surface area contributed by atoms with Gasteiger partial charge in [-0.3, -0.25) is 9.69 Å². The summed E-state index contributed by atoms with van der Waals surface area (Å²) in [4.78, 5) is 27.1. The summed E-state index contributed by atoms with van der Waals surface area (Å²) < 4.78 is 24.3. The van der Waals surface area contributed by atoms with Gasteiger partial charge in [-0.2, -0.15) is 0 Å². The van der Waals surface area contributed by atoms with Crippen molar-refractivity contribution in [2.75, 3.05) is 31.1 Å². The lowest BCUT2D eigenvalue weighted by molar-refractivity contribution is -0.137.